The van der Waals surface area contributed by atoms with Gasteiger partial charge in [-0.1, -0.05) is 12.2 Å². The standard InChI is InChI=1S/C15H22N2O2S/c1-11(19-3)14-16-13(10-20-14)9-17(2)15(18)12-7-5-4-6-8-12/h4-5,10-12H,6-9H2,1-3H3. The summed E-state index contributed by atoms with van der Waals surface area (Å²) in [6.45, 7) is 2.55. The van der Waals surface area contributed by atoms with Gasteiger partial charge in [0.2, 0.25) is 5.91 Å². The van der Waals surface area contributed by atoms with Gasteiger partial charge in [-0.25, -0.2) is 4.98 Å². The highest BCUT2D eigenvalue weighted by Crippen LogP contribution is 2.23. The van der Waals surface area contributed by atoms with Gasteiger partial charge >= 0.3 is 0 Å². The van der Waals surface area contributed by atoms with Crippen molar-refractivity contribution in [2.75, 3.05) is 14.2 Å². The second-order valence-corrected chi connectivity index (χ2v) is 6.12. The van der Waals surface area contributed by atoms with Crippen molar-refractivity contribution in [2.24, 2.45) is 5.92 Å². The van der Waals surface area contributed by atoms with E-state index >= 15 is 0 Å². The molecular weight excluding hydrogens is 272 g/mol. The van der Waals surface area contributed by atoms with Crippen LogP contribution in [0.4, 0.5) is 0 Å². The van der Waals surface area contributed by atoms with Crippen LogP contribution in [-0.4, -0.2) is 29.9 Å². The average molecular weight is 294 g/mol. The Kier molecular flexibility index (Phi) is 5.31. The van der Waals surface area contributed by atoms with E-state index in [0.29, 0.717) is 6.54 Å². The van der Waals surface area contributed by atoms with Gasteiger partial charge in [0.1, 0.15) is 11.1 Å². The molecule has 1 aliphatic carbocycles. The molecule has 0 aliphatic heterocycles. The smallest absolute Gasteiger partial charge is 0.226 e. The predicted molar refractivity (Wildman–Crippen MR) is 80.5 cm³/mol. The highest BCUT2D eigenvalue weighted by molar-refractivity contribution is 7.09. The van der Waals surface area contributed by atoms with Gasteiger partial charge in [-0.3, -0.25) is 4.79 Å². The molecule has 2 atom stereocenters. The number of thiazole rings is 1. The van der Waals surface area contributed by atoms with Gasteiger partial charge < -0.3 is 9.64 Å². The van der Waals surface area contributed by atoms with Crippen LogP contribution in [0, 0.1) is 5.92 Å². The van der Waals surface area contributed by atoms with E-state index < -0.39 is 0 Å². The van der Waals surface area contributed by atoms with E-state index in [1.165, 1.54) is 0 Å². The number of rotatable bonds is 5. The molecule has 2 unspecified atom stereocenters. The van der Waals surface area contributed by atoms with Crippen LogP contribution in [-0.2, 0) is 16.1 Å². The summed E-state index contributed by atoms with van der Waals surface area (Å²) in [6, 6.07) is 0. The van der Waals surface area contributed by atoms with Crippen LogP contribution in [0.2, 0.25) is 0 Å². The Morgan fingerprint density at radius 3 is 3.05 bits per heavy atom. The molecule has 0 aromatic carbocycles. The van der Waals surface area contributed by atoms with Crippen molar-refractivity contribution < 1.29 is 9.53 Å². The van der Waals surface area contributed by atoms with E-state index in [-0.39, 0.29) is 17.9 Å². The van der Waals surface area contributed by atoms with E-state index in [1.54, 1.807) is 23.3 Å². The van der Waals surface area contributed by atoms with Gasteiger partial charge in [-0.2, -0.15) is 0 Å². The van der Waals surface area contributed by atoms with E-state index in [0.717, 1.165) is 30.0 Å². The number of nitrogens with zero attached hydrogens (tertiary/aromatic N) is 2. The Morgan fingerprint density at radius 1 is 1.60 bits per heavy atom. The van der Waals surface area contributed by atoms with Gasteiger partial charge in [-0.05, 0) is 26.2 Å². The minimum atomic E-state index is 0.0123. The van der Waals surface area contributed by atoms with Crippen molar-refractivity contribution >= 4 is 17.2 Å². The van der Waals surface area contributed by atoms with E-state index in [4.69, 9.17) is 4.74 Å². The van der Waals surface area contributed by atoms with Crippen molar-refractivity contribution in [3.05, 3.63) is 28.2 Å². The van der Waals surface area contributed by atoms with Crippen LogP contribution in [0.25, 0.3) is 0 Å². The lowest BCUT2D eigenvalue weighted by Gasteiger charge is -2.23. The summed E-state index contributed by atoms with van der Waals surface area (Å²) in [4.78, 5) is 18.7. The van der Waals surface area contributed by atoms with E-state index in [2.05, 4.69) is 17.1 Å². The van der Waals surface area contributed by atoms with Crippen LogP contribution in [0.15, 0.2) is 17.5 Å². The Balaban J connectivity index is 1.93. The number of methoxy groups -OCH3 is 1. The highest BCUT2D eigenvalue weighted by atomic mass is 32.1. The van der Waals surface area contributed by atoms with Crippen molar-refractivity contribution in [3.8, 4) is 0 Å². The average Bonchev–Trinajstić information content (AvgIpc) is 2.95. The Hall–Kier alpha value is -1.20. The minimum Gasteiger partial charge on any atom is -0.375 e. The molecule has 5 heteroatoms. The molecule has 0 radical (unpaired) electrons. The molecular formula is C15H22N2O2S. The maximum absolute atomic E-state index is 12.3. The number of hydrogen-bond acceptors (Lipinski definition) is 4. The van der Waals surface area contributed by atoms with Crippen LogP contribution in [0.1, 0.15) is 43.0 Å². The topological polar surface area (TPSA) is 42.4 Å². The van der Waals surface area contributed by atoms with E-state index in [1.807, 2.05) is 19.4 Å². The quantitative estimate of drug-likeness (QED) is 0.783. The number of allylic oxidation sites excluding steroid dienone is 2. The summed E-state index contributed by atoms with van der Waals surface area (Å²) in [6.07, 6.45) is 7.12. The molecule has 1 aromatic heterocycles. The molecule has 2 rings (SSSR count). The lowest BCUT2D eigenvalue weighted by molar-refractivity contribution is -0.135. The Morgan fingerprint density at radius 2 is 2.40 bits per heavy atom. The fourth-order valence-corrected chi connectivity index (χ4v) is 3.18. The largest absolute Gasteiger partial charge is 0.375 e. The molecule has 0 spiro atoms. The van der Waals surface area contributed by atoms with Crippen LogP contribution < -0.4 is 0 Å². The third kappa shape index (κ3) is 3.67. The molecule has 0 saturated heterocycles. The third-order valence-corrected chi connectivity index (χ3v) is 4.72. The summed E-state index contributed by atoms with van der Waals surface area (Å²) in [5.41, 5.74) is 0.941. The zero-order valence-corrected chi connectivity index (χ0v) is 13.2. The summed E-state index contributed by atoms with van der Waals surface area (Å²) in [5, 5.41) is 2.97. The molecule has 0 fully saturated rings. The summed E-state index contributed by atoms with van der Waals surface area (Å²) in [7, 11) is 3.54. The molecule has 0 bridgehead atoms. The summed E-state index contributed by atoms with van der Waals surface area (Å²) < 4.78 is 5.26. The van der Waals surface area contributed by atoms with Gasteiger partial charge in [0.05, 0.1) is 12.2 Å². The zero-order valence-electron chi connectivity index (χ0n) is 12.3. The second kappa shape index (κ2) is 6.99. The van der Waals surface area contributed by atoms with Gasteiger partial charge in [0, 0.05) is 25.5 Å². The van der Waals surface area contributed by atoms with Crippen LogP contribution in [0.5, 0.6) is 0 Å². The number of carbonyl (C=O) groups is 1. The van der Waals surface area contributed by atoms with Crippen molar-refractivity contribution in [2.45, 2.75) is 38.8 Å². The fraction of sp³-hybridized carbons (Fsp3) is 0.600. The third-order valence-electron chi connectivity index (χ3n) is 3.66. The first-order valence-electron chi connectivity index (χ1n) is 6.99. The number of ether oxygens (including phenoxy) is 1. The maximum atomic E-state index is 12.3. The Bertz CT molecular complexity index is 484. The lowest BCUT2D eigenvalue weighted by atomic mass is 9.93. The first kappa shape index (κ1) is 15.2. The lowest BCUT2D eigenvalue weighted by Crippen LogP contribution is -2.33. The molecule has 1 heterocycles. The van der Waals surface area contributed by atoms with Gasteiger partial charge in [0.25, 0.3) is 0 Å². The van der Waals surface area contributed by atoms with Crippen LogP contribution >= 0.6 is 11.3 Å². The van der Waals surface area contributed by atoms with E-state index in [9.17, 15) is 4.79 Å². The monoisotopic (exact) mass is 294 g/mol. The van der Waals surface area contributed by atoms with Crippen molar-refractivity contribution in [3.63, 3.8) is 0 Å². The first-order valence-corrected chi connectivity index (χ1v) is 7.87. The number of carbonyl (C=O) groups excluding carboxylic acids is 1. The van der Waals surface area contributed by atoms with Crippen LogP contribution in [0.3, 0.4) is 0 Å². The number of amides is 1. The molecule has 110 valence electrons. The maximum Gasteiger partial charge on any atom is 0.226 e. The Labute approximate surface area is 124 Å². The molecule has 1 aliphatic rings. The molecule has 20 heavy (non-hydrogen) atoms. The summed E-state index contributed by atoms with van der Waals surface area (Å²) >= 11 is 1.59. The minimum absolute atomic E-state index is 0.0123. The number of aromatic nitrogens is 1. The van der Waals surface area contributed by atoms with Gasteiger partial charge in [0.15, 0.2) is 0 Å². The van der Waals surface area contributed by atoms with Gasteiger partial charge in [-0.15, -0.1) is 11.3 Å². The molecule has 4 nitrogen and oxygen atoms in total. The SMILES string of the molecule is COC(C)c1nc(CN(C)C(=O)C2CC=CCC2)cs1. The fourth-order valence-electron chi connectivity index (χ4n) is 2.33. The molecule has 1 aromatic rings. The summed E-state index contributed by atoms with van der Waals surface area (Å²) in [5.74, 6) is 0.365. The first-order chi connectivity index (χ1) is 9.61. The van der Waals surface area contributed by atoms with Crippen molar-refractivity contribution in [1.29, 1.82) is 0 Å². The predicted octanol–water partition coefficient (Wildman–Crippen LogP) is 3.17. The van der Waals surface area contributed by atoms with Crippen molar-refractivity contribution in [1.82, 2.24) is 9.88 Å². The second-order valence-electron chi connectivity index (χ2n) is 5.23. The molecule has 0 N–H and O–H groups in total. The molecule has 1 amide bonds. The number of hydrogen-bond donors (Lipinski definition) is 0. The molecule has 0 saturated carbocycles. The normalized spacial score (nSPS) is 19.9. The highest BCUT2D eigenvalue weighted by Gasteiger charge is 2.22. The zero-order chi connectivity index (χ0) is 14.5.